The number of hydroxylamine groups is 1. The molecule has 7 nitrogen and oxygen atoms in total. The van der Waals surface area contributed by atoms with E-state index in [0.717, 1.165) is 17.9 Å². The predicted molar refractivity (Wildman–Crippen MR) is 107 cm³/mol. The third kappa shape index (κ3) is 4.54. The molecule has 0 spiro atoms. The van der Waals surface area contributed by atoms with Crippen molar-refractivity contribution in [2.24, 2.45) is 11.7 Å². The van der Waals surface area contributed by atoms with Gasteiger partial charge in [-0.3, -0.25) is 0 Å². The minimum absolute atomic E-state index is 0.0542. The van der Waals surface area contributed by atoms with Crippen LogP contribution in [0, 0.1) is 5.92 Å². The predicted octanol–water partition coefficient (Wildman–Crippen LogP) is 3.55. The van der Waals surface area contributed by atoms with Crippen LogP contribution in [0.15, 0.2) is 29.7 Å². The van der Waals surface area contributed by atoms with E-state index in [1.165, 1.54) is 32.1 Å². The fourth-order valence-electron chi connectivity index (χ4n) is 4.09. The Labute approximate surface area is 167 Å². The number of benzene rings is 1. The SMILES string of the molecule is CCC(Oc1ccc(C(N)NO)c(OC)c1)C1=C(C)NC(C2CCCCC2)O1. The molecule has 0 saturated heterocycles. The second-order valence-corrected chi connectivity index (χ2v) is 7.60. The second kappa shape index (κ2) is 9.49. The molecule has 1 heterocycles. The topological polar surface area (TPSA) is 98.0 Å². The van der Waals surface area contributed by atoms with Crippen molar-refractivity contribution in [1.29, 1.82) is 0 Å². The van der Waals surface area contributed by atoms with E-state index < -0.39 is 6.17 Å². The monoisotopic (exact) mass is 391 g/mol. The van der Waals surface area contributed by atoms with Gasteiger partial charge in [-0.25, -0.2) is 0 Å². The molecule has 0 aromatic heterocycles. The lowest BCUT2D eigenvalue weighted by molar-refractivity contribution is 0.0255. The molecule has 7 heteroatoms. The van der Waals surface area contributed by atoms with Crippen LogP contribution in [0.3, 0.4) is 0 Å². The zero-order valence-electron chi connectivity index (χ0n) is 17.0. The van der Waals surface area contributed by atoms with Crippen molar-refractivity contribution >= 4 is 0 Å². The summed E-state index contributed by atoms with van der Waals surface area (Å²) in [5.74, 6) is 2.67. The normalized spacial score (nSPS) is 22.4. The van der Waals surface area contributed by atoms with Crippen LogP contribution in [-0.2, 0) is 4.74 Å². The maximum atomic E-state index is 9.07. The highest BCUT2D eigenvalue weighted by molar-refractivity contribution is 5.42. The summed E-state index contributed by atoms with van der Waals surface area (Å²) in [6.45, 7) is 4.14. The van der Waals surface area contributed by atoms with E-state index in [0.29, 0.717) is 23.0 Å². The first-order valence-corrected chi connectivity index (χ1v) is 10.2. The Kier molecular flexibility index (Phi) is 7.04. The number of hydrogen-bond acceptors (Lipinski definition) is 7. The molecule has 156 valence electrons. The van der Waals surface area contributed by atoms with Crippen LogP contribution in [0.5, 0.6) is 11.5 Å². The summed E-state index contributed by atoms with van der Waals surface area (Å²) in [6, 6.07) is 5.40. The molecule has 1 aliphatic carbocycles. The van der Waals surface area contributed by atoms with Crippen LogP contribution >= 0.6 is 0 Å². The molecule has 0 bridgehead atoms. The van der Waals surface area contributed by atoms with Crippen LogP contribution in [0.1, 0.15) is 64.1 Å². The number of nitrogens with two attached hydrogens (primary N) is 1. The van der Waals surface area contributed by atoms with Gasteiger partial charge in [0.2, 0.25) is 0 Å². The lowest BCUT2D eigenvalue weighted by Gasteiger charge is -2.28. The zero-order valence-corrected chi connectivity index (χ0v) is 17.0. The van der Waals surface area contributed by atoms with Gasteiger partial charge in [-0.05, 0) is 38.3 Å². The Morgan fingerprint density at radius 1 is 1.32 bits per heavy atom. The quantitative estimate of drug-likeness (QED) is 0.397. The number of nitrogens with one attached hydrogen (secondary N) is 2. The number of ether oxygens (including phenoxy) is 3. The summed E-state index contributed by atoms with van der Waals surface area (Å²) in [4.78, 5) is 0. The Morgan fingerprint density at radius 2 is 2.07 bits per heavy atom. The van der Waals surface area contributed by atoms with Crippen LogP contribution in [0.2, 0.25) is 0 Å². The molecule has 3 atom stereocenters. The minimum atomic E-state index is -0.727. The molecular weight excluding hydrogens is 358 g/mol. The molecule has 1 aliphatic heterocycles. The van der Waals surface area contributed by atoms with Crippen molar-refractivity contribution in [2.45, 2.75) is 70.9 Å². The van der Waals surface area contributed by atoms with Crippen LogP contribution in [0.25, 0.3) is 0 Å². The largest absolute Gasteiger partial charge is 0.496 e. The molecule has 1 aromatic rings. The van der Waals surface area contributed by atoms with Gasteiger partial charge in [0.15, 0.2) is 18.1 Å². The zero-order chi connectivity index (χ0) is 20.1. The van der Waals surface area contributed by atoms with Gasteiger partial charge in [0.25, 0.3) is 0 Å². The van der Waals surface area contributed by atoms with E-state index in [9.17, 15) is 0 Å². The molecule has 1 fully saturated rings. The molecule has 1 saturated carbocycles. The average molecular weight is 392 g/mol. The molecule has 5 N–H and O–H groups in total. The van der Waals surface area contributed by atoms with Gasteiger partial charge in [0.1, 0.15) is 17.7 Å². The summed E-state index contributed by atoms with van der Waals surface area (Å²) in [5.41, 5.74) is 9.57. The van der Waals surface area contributed by atoms with E-state index in [4.69, 9.17) is 25.2 Å². The Hall–Kier alpha value is -1.96. The molecule has 2 aliphatic rings. The molecule has 0 radical (unpaired) electrons. The highest BCUT2D eigenvalue weighted by atomic mass is 16.6. The Balaban J connectivity index is 1.71. The Morgan fingerprint density at radius 3 is 2.71 bits per heavy atom. The first kappa shape index (κ1) is 20.8. The van der Waals surface area contributed by atoms with Crippen molar-refractivity contribution in [3.8, 4) is 11.5 Å². The van der Waals surface area contributed by atoms with E-state index in [1.54, 1.807) is 19.2 Å². The van der Waals surface area contributed by atoms with Crippen molar-refractivity contribution < 1.29 is 19.4 Å². The number of methoxy groups -OCH3 is 1. The van der Waals surface area contributed by atoms with Crippen molar-refractivity contribution in [3.63, 3.8) is 0 Å². The lowest BCUT2D eigenvalue weighted by Crippen LogP contribution is -2.33. The summed E-state index contributed by atoms with van der Waals surface area (Å²) < 4.78 is 18.0. The standard InChI is InChI=1S/C21H33N3O4/c1-4-17(19-13(2)23-21(28-19)14-8-6-5-7-9-14)27-15-10-11-16(20(22)24-25)18(12-15)26-3/h10-12,14,17,20-21,23-25H,4-9,22H2,1-3H3. The van der Waals surface area contributed by atoms with Crippen LogP contribution in [0.4, 0.5) is 0 Å². The van der Waals surface area contributed by atoms with Crippen LogP contribution < -0.4 is 26.0 Å². The highest BCUT2D eigenvalue weighted by Gasteiger charge is 2.34. The van der Waals surface area contributed by atoms with Crippen molar-refractivity contribution in [3.05, 3.63) is 35.2 Å². The van der Waals surface area contributed by atoms with Crippen molar-refractivity contribution in [1.82, 2.24) is 10.8 Å². The number of rotatable bonds is 8. The molecule has 3 rings (SSSR count). The lowest BCUT2D eigenvalue weighted by atomic mass is 9.88. The van der Waals surface area contributed by atoms with E-state index in [-0.39, 0.29) is 12.3 Å². The minimum Gasteiger partial charge on any atom is -0.496 e. The van der Waals surface area contributed by atoms with Crippen LogP contribution in [-0.4, -0.2) is 24.6 Å². The first-order chi connectivity index (χ1) is 13.6. The van der Waals surface area contributed by atoms with Gasteiger partial charge >= 0.3 is 0 Å². The van der Waals surface area contributed by atoms with E-state index in [1.807, 2.05) is 11.5 Å². The number of hydrogen-bond donors (Lipinski definition) is 4. The van der Waals surface area contributed by atoms with Gasteiger partial charge in [-0.2, -0.15) is 5.48 Å². The van der Waals surface area contributed by atoms with E-state index >= 15 is 0 Å². The highest BCUT2D eigenvalue weighted by Crippen LogP contribution is 2.34. The summed E-state index contributed by atoms with van der Waals surface area (Å²) >= 11 is 0. The number of allylic oxidation sites excluding steroid dienone is 1. The summed E-state index contributed by atoms with van der Waals surface area (Å²) in [5, 5.41) is 12.6. The van der Waals surface area contributed by atoms with Gasteiger partial charge in [-0.15, -0.1) is 0 Å². The summed E-state index contributed by atoms with van der Waals surface area (Å²) in [7, 11) is 1.56. The first-order valence-electron chi connectivity index (χ1n) is 10.2. The third-order valence-electron chi connectivity index (χ3n) is 5.68. The smallest absolute Gasteiger partial charge is 0.172 e. The van der Waals surface area contributed by atoms with Gasteiger partial charge in [0.05, 0.1) is 12.8 Å². The molecule has 28 heavy (non-hydrogen) atoms. The van der Waals surface area contributed by atoms with Gasteiger partial charge < -0.3 is 30.5 Å². The summed E-state index contributed by atoms with van der Waals surface area (Å²) in [6.07, 6.45) is 6.26. The van der Waals surface area contributed by atoms with Gasteiger partial charge in [-0.1, -0.05) is 26.2 Å². The molecular formula is C21H33N3O4. The Bertz CT molecular complexity index is 688. The molecule has 1 aromatic carbocycles. The van der Waals surface area contributed by atoms with Crippen molar-refractivity contribution in [2.75, 3.05) is 7.11 Å². The molecule has 3 unspecified atom stereocenters. The maximum Gasteiger partial charge on any atom is 0.172 e. The van der Waals surface area contributed by atoms with E-state index in [2.05, 4.69) is 19.2 Å². The molecule has 0 amide bonds. The fraction of sp³-hybridized carbons (Fsp3) is 0.619. The fourth-order valence-corrected chi connectivity index (χ4v) is 4.09. The third-order valence-corrected chi connectivity index (χ3v) is 5.68. The second-order valence-electron chi connectivity index (χ2n) is 7.60. The van der Waals surface area contributed by atoms with Gasteiger partial charge in [0, 0.05) is 17.5 Å². The maximum absolute atomic E-state index is 9.07. The average Bonchev–Trinajstić information content (AvgIpc) is 3.13.